The summed E-state index contributed by atoms with van der Waals surface area (Å²) >= 11 is 20.4. The average molecular weight is 570 g/mol. The van der Waals surface area contributed by atoms with Crippen molar-refractivity contribution >= 4 is 62.0 Å². The summed E-state index contributed by atoms with van der Waals surface area (Å²) in [5.74, 6) is 1.04. The van der Waals surface area contributed by atoms with Crippen LogP contribution in [0.5, 0.6) is 11.5 Å². The van der Waals surface area contributed by atoms with E-state index in [4.69, 9.17) is 49.3 Å². The van der Waals surface area contributed by atoms with Crippen LogP contribution in [-0.2, 0) is 13.2 Å². The molecule has 0 bridgehead atoms. The number of hydrogen-bond acceptors (Lipinski definition) is 5. The van der Waals surface area contributed by atoms with E-state index in [2.05, 4.69) is 54.7 Å². The number of fused-ring (bicyclic) bond motifs is 1. The minimum Gasteiger partial charge on any atom is -0.493 e. The zero-order chi connectivity index (χ0) is 25.9. The lowest BCUT2D eigenvalue weighted by molar-refractivity contribution is 0.284. The Morgan fingerprint density at radius 2 is 1.62 bits per heavy atom. The van der Waals surface area contributed by atoms with Gasteiger partial charge in [0.15, 0.2) is 11.5 Å². The highest BCUT2D eigenvalue weighted by Crippen LogP contribution is 2.38. The molecule has 0 aliphatic rings. The van der Waals surface area contributed by atoms with Gasteiger partial charge in [-0.25, -0.2) is 4.98 Å². The van der Waals surface area contributed by atoms with Crippen LogP contribution in [0, 0.1) is 6.92 Å². The monoisotopic (exact) mass is 568 g/mol. The zero-order valence-corrected chi connectivity index (χ0v) is 23.2. The average Bonchev–Trinajstić information content (AvgIpc) is 3.32. The Hall–Kier alpha value is -2.96. The van der Waals surface area contributed by atoms with Crippen LogP contribution >= 0.6 is 46.1 Å². The van der Waals surface area contributed by atoms with E-state index in [-0.39, 0.29) is 6.61 Å². The van der Waals surface area contributed by atoms with Crippen molar-refractivity contribution in [2.45, 2.75) is 20.1 Å². The van der Waals surface area contributed by atoms with Gasteiger partial charge >= 0.3 is 0 Å². The first-order chi connectivity index (χ1) is 17.9. The van der Waals surface area contributed by atoms with Crippen LogP contribution in [0.3, 0.4) is 0 Å². The summed E-state index contributed by atoms with van der Waals surface area (Å²) in [7, 11) is 1.59. The van der Waals surface area contributed by atoms with E-state index in [0.29, 0.717) is 33.1 Å². The second-order valence-electron chi connectivity index (χ2n) is 8.57. The number of rotatable bonds is 8. The number of methoxy groups -OCH3 is 1. The Labute approximate surface area is 234 Å². The fraction of sp³-hybridized carbons (Fsp3) is 0.138. The summed E-state index contributed by atoms with van der Waals surface area (Å²) in [4.78, 5) is 4.77. The van der Waals surface area contributed by atoms with Crippen molar-refractivity contribution in [3.8, 4) is 22.1 Å². The molecule has 0 unspecified atom stereocenters. The number of halogens is 3. The summed E-state index contributed by atoms with van der Waals surface area (Å²) < 4.78 is 12.7. The van der Waals surface area contributed by atoms with E-state index in [1.54, 1.807) is 30.6 Å². The van der Waals surface area contributed by atoms with Crippen LogP contribution in [0.2, 0.25) is 15.1 Å². The SMILES string of the molecule is COc1cc(CNc2ccc(-c3nc4ccc(C)cc4s3)cc2)cc(Cl)c1OCc1ccc(Cl)c(Cl)c1. The standard InChI is InChI=1S/C29H23Cl3N2O2S/c1-17-3-10-25-27(11-17)37-29(34-25)20-5-7-21(8-6-20)33-15-19-13-24(32)28(26(14-19)35-2)36-16-18-4-9-22(30)23(31)12-18/h3-14,33H,15-16H2,1-2H3. The first kappa shape index (κ1) is 25.7. The predicted octanol–water partition coefficient (Wildman–Crippen LogP) is 9.43. The highest BCUT2D eigenvalue weighted by molar-refractivity contribution is 7.21. The van der Waals surface area contributed by atoms with E-state index in [1.807, 2.05) is 18.2 Å². The molecule has 0 saturated heterocycles. The van der Waals surface area contributed by atoms with E-state index in [1.165, 1.54) is 10.3 Å². The topological polar surface area (TPSA) is 43.4 Å². The lowest BCUT2D eigenvalue weighted by Crippen LogP contribution is -2.02. The van der Waals surface area contributed by atoms with Gasteiger partial charge in [-0.3, -0.25) is 0 Å². The minimum absolute atomic E-state index is 0.283. The molecule has 0 radical (unpaired) electrons. The molecule has 0 saturated carbocycles. The molecule has 188 valence electrons. The normalized spacial score (nSPS) is 11.1. The fourth-order valence-corrected chi connectivity index (χ4v) is 5.57. The van der Waals surface area contributed by atoms with Crippen molar-refractivity contribution in [2.24, 2.45) is 0 Å². The van der Waals surface area contributed by atoms with Crippen molar-refractivity contribution in [1.82, 2.24) is 4.98 Å². The second kappa shape index (κ2) is 11.2. The molecule has 0 aliphatic carbocycles. The number of aryl methyl sites for hydroxylation is 1. The maximum absolute atomic E-state index is 6.56. The van der Waals surface area contributed by atoms with Gasteiger partial charge in [-0.05, 0) is 84.3 Å². The van der Waals surface area contributed by atoms with Crippen LogP contribution in [-0.4, -0.2) is 12.1 Å². The molecule has 1 heterocycles. The molecule has 5 aromatic rings. The van der Waals surface area contributed by atoms with Crippen molar-refractivity contribution in [3.05, 3.63) is 105 Å². The van der Waals surface area contributed by atoms with Gasteiger partial charge in [-0.15, -0.1) is 11.3 Å². The molecule has 0 spiro atoms. The molecule has 1 aromatic heterocycles. The summed E-state index contributed by atoms with van der Waals surface area (Å²) in [5, 5.41) is 5.90. The van der Waals surface area contributed by atoms with E-state index in [0.717, 1.165) is 32.9 Å². The smallest absolute Gasteiger partial charge is 0.180 e. The Balaban J connectivity index is 1.25. The van der Waals surface area contributed by atoms with Crippen molar-refractivity contribution in [1.29, 1.82) is 0 Å². The summed E-state index contributed by atoms with van der Waals surface area (Å²) in [5.41, 5.74) is 6.21. The molecule has 0 amide bonds. The quantitative estimate of drug-likeness (QED) is 0.202. The number of anilines is 1. The van der Waals surface area contributed by atoms with Crippen LogP contribution in [0.1, 0.15) is 16.7 Å². The van der Waals surface area contributed by atoms with Crippen LogP contribution in [0.4, 0.5) is 5.69 Å². The molecular weight excluding hydrogens is 547 g/mol. The van der Waals surface area contributed by atoms with Gasteiger partial charge in [-0.2, -0.15) is 0 Å². The maximum Gasteiger partial charge on any atom is 0.180 e. The highest BCUT2D eigenvalue weighted by atomic mass is 35.5. The molecule has 4 aromatic carbocycles. The third kappa shape index (κ3) is 5.97. The number of aromatic nitrogens is 1. The molecule has 1 N–H and O–H groups in total. The van der Waals surface area contributed by atoms with E-state index >= 15 is 0 Å². The van der Waals surface area contributed by atoms with E-state index in [9.17, 15) is 0 Å². The van der Waals surface area contributed by atoms with Crippen molar-refractivity contribution < 1.29 is 9.47 Å². The van der Waals surface area contributed by atoms with Crippen LogP contribution in [0.15, 0.2) is 72.8 Å². The number of nitrogens with zero attached hydrogens (tertiary/aromatic N) is 1. The maximum atomic E-state index is 6.56. The van der Waals surface area contributed by atoms with Gasteiger partial charge in [0, 0.05) is 17.8 Å². The zero-order valence-electron chi connectivity index (χ0n) is 20.1. The highest BCUT2D eigenvalue weighted by Gasteiger charge is 2.13. The summed E-state index contributed by atoms with van der Waals surface area (Å²) in [6.07, 6.45) is 0. The number of benzene rings is 4. The molecule has 0 aliphatic heterocycles. The lowest BCUT2D eigenvalue weighted by atomic mass is 10.1. The Bertz CT molecular complexity index is 1570. The Kier molecular flexibility index (Phi) is 7.77. The summed E-state index contributed by atoms with van der Waals surface area (Å²) in [6, 6.07) is 23.8. The lowest BCUT2D eigenvalue weighted by Gasteiger charge is -2.15. The molecule has 0 fully saturated rings. The number of nitrogens with one attached hydrogen (secondary N) is 1. The van der Waals surface area contributed by atoms with Gasteiger partial charge in [0.25, 0.3) is 0 Å². The number of thiazole rings is 1. The van der Waals surface area contributed by atoms with Crippen LogP contribution in [0.25, 0.3) is 20.8 Å². The largest absolute Gasteiger partial charge is 0.493 e. The molecule has 5 rings (SSSR count). The molecule has 8 heteroatoms. The molecular formula is C29H23Cl3N2O2S. The Morgan fingerprint density at radius 3 is 2.38 bits per heavy atom. The van der Waals surface area contributed by atoms with Gasteiger partial charge in [-0.1, -0.05) is 46.9 Å². The molecule has 37 heavy (non-hydrogen) atoms. The van der Waals surface area contributed by atoms with Gasteiger partial charge in [0.05, 0.1) is 32.4 Å². The first-order valence-electron chi connectivity index (χ1n) is 11.5. The molecule has 0 atom stereocenters. The van der Waals surface area contributed by atoms with Crippen molar-refractivity contribution in [2.75, 3.05) is 12.4 Å². The molecule has 4 nitrogen and oxygen atoms in total. The van der Waals surface area contributed by atoms with Crippen LogP contribution < -0.4 is 14.8 Å². The summed E-state index contributed by atoms with van der Waals surface area (Å²) in [6.45, 7) is 2.95. The predicted molar refractivity (Wildman–Crippen MR) is 156 cm³/mol. The second-order valence-corrected chi connectivity index (χ2v) is 10.8. The Morgan fingerprint density at radius 1 is 0.838 bits per heavy atom. The van der Waals surface area contributed by atoms with Gasteiger partial charge in [0.1, 0.15) is 11.6 Å². The third-order valence-corrected chi connectivity index (χ3v) is 7.92. The van der Waals surface area contributed by atoms with E-state index < -0.39 is 0 Å². The van der Waals surface area contributed by atoms with Gasteiger partial charge in [0.2, 0.25) is 0 Å². The van der Waals surface area contributed by atoms with Crippen molar-refractivity contribution in [3.63, 3.8) is 0 Å². The third-order valence-electron chi connectivity index (χ3n) is 5.83. The fourth-order valence-electron chi connectivity index (χ4n) is 3.89. The number of hydrogen-bond donors (Lipinski definition) is 1. The van der Waals surface area contributed by atoms with Gasteiger partial charge < -0.3 is 14.8 Å². The first-order valence-corrected chi connectivity index (χ1v) is 13.5. The number of ether oxygens (including phenoxy) is 2. The minimum atomic E-state index is 0.283.